The standard InChI is InChI=1S/C15H24N2O2/c1-11(16)15-13(5-4-6-14(15)19-3)17-9-7-12(18-2)8-10-17/h4-6,11-12H,7-10,16H2,1-3H3. The number of piperidine rings is 1. The first-order valence-corrected chi connectivity index (χ1v) is 6.87. The summed E-state index contributed by atoms with van der Waals surface area (Å²) in [5.74, 6) is 0.876. The molecular formula is C15H24N2O2. The minimum Gasteiger partial charge on any atom is -0.496 e. The van der Waals surface area contributed by atoms with Crippen LogP contribution in [0.1, 0.15) is 31.4 Å². The second kappa shape index (κ2) is 6.26. The van der Waals surface area contributed by atoms with Gasteiger partial charge in [0.05, 0.1) is 13.2 Å². The maximum absolute atomic E-state index is 6.12. The zero-order chi connectivity index (χ0) is 13.8. The summed E-state index contributed by atoms with van der Waals surface area (Å²) < 4.78 is 10.9. The number of rotatable bonds is 4. The molecule has 2 N–H and O–H groups in total. The Bertz CT molecular complexity index is 413. The SMILES string of the molecule is COc1cccc(N2CCC(OC)CC2)c1C(C)N. The van der Waals surface area contributed by atoms with Gasteiger partial charge in [-0.15, -0.1) is 0 Å². The van der Waals surface area contributed by atoms with Crippen LogP contribution in [0.3, 0.4) is 0 Å². The lowest BCUT2D eigenvalue weighted by atomic mass is 10.0. The summed E-state index contributed by atoms with van der Waals surface area (Å²) in [5, 5.41) is 0. The average molecular weight is 264 g/mol. The van der Waals surface area contributed by atoms with Crippen molar-refractivity contribution in [2.24, 2.45) is 5.73 Å². The average Bonchev–Trinajstić information content (AvgIpc) is 2.46. The van der Waals surface area contributed by atoms with Gasteiger partial charge < -0.3 is 20.1 Å². The zero-order valence-electron chi connectivity index (χ0n) is 12.1. The van der Waals surface area contributed by atoms with Crippen LogP contribution in [0.4, 0.5) is 5.69 Å². The van der Waals surface area contributed by atoms with Crippen LogP contribution in [-0.2, 0) is 4.74 Å². The van der Waals surface area contributed by atoms with Crippen LogP contribution in [0, 0.1) is 0 Å². The number of nitrogens with zero attached hydrogens (tertiary/aromatic N) is 1. The Morgan fingerprint density at radius 2 is 1.95 bits per heavy atom. The van der Waals surface area contributed by atoms with Gasteiger partial charge >= 0.3 is 0 Å². The van der Waals surface area contributed by atoms with E-state index in [9.17, 15) is 0 Å². The molecule has 1 aliphatic heterocycles. The van der Waals surface area contributed by atoms with E-state index in [1.807, 2.05) is 19.1 Å². The first-order chi connectivity index (χ1) is 9.17. The Hall–Kier alpha value is -1.26. The van der Waals surface area contributed by atoms with Gasteiger partial charge in [-0.1, -0.05) is 6.07 Å². The molecule has 1 aromatic rings. The lowest BCUT2D eigenvalue weighted by molar-refractivity contribution is 0.0819. The summed E-state index contributed by atoms with van der Waals surface area (Å²) in [4.78, 5) is 2.39. The smallest absolute Gasteiger partial charge is 0.125 e. The predicted octanol–water partition coefficient (Wildman–Crippen LogP) is 2.33. The Labute approximate surface area is 115 Å². The molecule has 4 heteroatoms. The molecule has 0 radical (unpaired) electrons. The molecule has 0 bridgehead atoms. The van der Waals surface area contributed by atoms with E-state index in [4.69, 9.17) is 15.2 Å². The normalized spacial score (nSPS) is 18.4. The minimum atomic E-state index is -0.0358. The second-order valence-electron chi connectivity index (χ2n) is 5.10. The monoisotopic (exact) mass is 264 g/mol. The Morgan fingerprint density at radius 1 is 1.26 bits per heavy atom. The first kappa shape index (κ1) is 14.2. The molecule has 1 saturated heterocycles. The molecule has 1 heterocycles. The van der Waals surface area contributed by atoms with E-state index < -0.39 is 0 Å². The molecule has 0 aromatic heterocycles. The number of benzene rings is 1. The molecule has 106 valence electrons. The highest BCUT2D eigenvalue weighted by molar-refractivity contribution is 5.61. The van der Waals surface area contributed by atoms with E-state index in [0.29, 0.717) is 6.10 Å². The van der Waals surface area contributed by atoms with Gasteiger partial charge in [0.2, 0.25) is 0 Å². The molecule has 4 nitrogen and oxygen atoms in total. The largest absolute Gasteiger partial charge is 0.496 e. The van der Waals surface area contributed by atoms with Gasteiger partial charge in [0.1, 0.15) is 5.75 Å². The number of ether oxygens (including phenoxy) is 2. The summed E-state index contributed by atoms with van der Waals surface area (Å²) >= 11 is 0. The van der Waals surface area contributed by atoms with Crippen LogP contribution in [0.2, 0.25) is 0 Å². The molecule has 1 aromatic carbocycles. The Morgan fingerprint density at radius 3 is 2.47 bits per heavy atom. The lowest BCUT2D eigenvalue weighted by Gasteiger charge is -2.35. The van der Waals surface area contributed by atoms with Crippen LogP contribution in [0.5, 0.6) is 5.75 Å². The minimum absolute atomic E-state index is 0.0358. The number of hydrogen-bond acceptors (Lipinski definition) is 4. The third-order valence-electron chi connectivity index (χ3n) is 3.83. The van der Waals surface area contributed by atoms with Crippen LogP contribution in [0.25, 0.3) is 0 Å². The zero-order valence-corrected chi connectivity index (χ0v) is 12.1. The lowest BCUT2D eigenvalue weighted by Crippen LogP contribution is -2.37. The molecule has 1 fully saturated rings. The molecular weight excluding hydrogens is 240 g/mol. The van der Waals surface area contributed by atoms with Gasteiger partial charge in [-0.05, 0) is 31.9 Å². The topological polar surface area (TPSA) is 47.7 Å². The maximum Gasteiger partial charge on any atom is 0.125 e. The number of nitrogens with two attached hydrogens (primary N) is 1. The van der Waals surface area contributed by atoms with Crippen LogP contribution in [0.15, 0.2) is 18.2 Å². The van der Waals surface area contributed by atoms with Gasteiger partial charge in [-0.2, -0.15) is 0 Å². The molecule has 1 unspecified atom stereocenters. The van der Waals surface area contributed by atoms with Crippen molar-refractivity contribution in [2.45, 2.75) is 31.9 Å². The van der Waals surface area contributed by atoms with Crippen LogP contribution in [-0.4, -0.2) is 33.4 Å². The van der Waals surface area contributed by atoms with Crippen molar-refractivity contribution in [1.82, 2.24) is 0 Å². The van der Waals surface area contributed by atoms with E-state index in [0.717, 1.165) is 37.2 Å². The Kier molecular flexibility index (Phi) is 4.66. The van der Waals surface area contributed by atoms with E-state index >= 15 is 0 Å². The van der Waals surface area contributed by atoms with Gasteiger partial charge in [0.15, 0.2) is 0 Å². The van der Waals surface area contributed by atoms with E-state index in [1.165, 1.54) is 5.69 Å². The molecule has 0 spiro atoms. The molecule has 0 amide bonds. The van der Waals surface area contributed by atoms with Crippen molar-refractivity contribution < 1.29 is 9.47 Å². The van der Waals surface area contributed by atoms with Crippen molar-refractivity contribution in [3.8, 4) is 5.75 Å². The third kappa shape index (κ3) is 3.01. The highest BCUT2D eigenvalue weighted by atomic mass is 16.5. The summed E-state index contributed by atoms with van der Waals surface area (Å²) in [6.07, 6.45) is 2.51. The van der Waals surface area contributed by atoms with E-state index in [2.05, 4.69) is 11.0 Å². The van der Waals surface area contributed by atoms with Gasteiger partial charge in [0.25, 0.3) is 0 Å². The van der Waals surface area contributed by atoms with Crippen molar-refractivity contribution in [1.29, 1.82) is 0 Å². The summed E-state index contributed by atoms with van der Waals surface area (Å²) in [6.45, 7) is 4.01. The van der Waals surface area contributed by atoms with Gasteiger partial charge in [-0.3, -0.25) is 0 Å². The van der Waals surface area contributed by atoms with Gasteiger partial charge in [0, 0.05) is 37.5 Å². The number of methoxy groups -OCH3 is 2. The summed E-state index contributed by atoms with van der Waals surface area (Å²) in [7, 11) is 3.49. The van der Waals surface area contributed by atoms with E-state index in [1.54, 1.807) is 14.2 Å². The first-order valence-electron chi connectivity index (χ1n) is 6.87. The molecule has 19 heavy (non-hydrogen) atoms. The predicted molar refractivity (Wildman–Crippen MR) is 77.8 cm³/mol. The summed E-state index contributed by atoms with van der Waals surface area (Å²) in [5.41, 5.74) is 8.42. The summed E-state index contributed by atoms with van der Waals surface area (Å²) in [6, 6.07) is 6.10. The quantitative estimate of drug-likeness (QED) is 0.906. The fraction of sp³-hybridized carbons (Fsp3) is 0.600. The molecule has 1 atom stereocenters. The van der Waals surface area contributed by atoms with Crippen LogP contribution < -0.4 is 15.4 Å². The van der Waals surface area contributed by atoms with Gasteiger partial charge in [-0.25, -0.2) is 0 Å². The molecule has 1 aliphatic rings. The van der Waals surface area contributed by atoms with Crippen molar-refractivity contribution in [3.63, 3.8) is 0 Å². The van der Waals surface area contributed by atoms with E-state index in [-0.39, 0.29) is 6.04 Å². The fourth-order valence-electron chi connectivity index (χ4n) is 2.78. The highest BCUT2D eigenvalue weighted by Gasteiger charge is 2.23. The fourth-order valence-corrected chi connectivity index (χ4v) is 2.78. The number of hydrogen-bond donors (Lipinski definition) is 1. The molecule has 0 saturated carbocycles. The molecule has 0 aliphatic carbocycles. The molecule has 2 rings (SSSR count). The van der Waals surface area contributed by atoms with Crippen LogP contribution >= 0.6 is 0 Å². The third-order valence-corrected chi connectivity index (χ3v) is 3.83. The Balaban J connectivity index is 2.25. The number of anilines is 1. The second-order valence-corrected chi connectivity index (χ2v) is 5.10. The maximum atomic E-state index is 6.12. The highest BCUT2D eigenvalue weighted by Crippen LogP contribution is 2.35. The van der Waals surface area contributed by atoms with Crippen molar-refractivity contribution in [3.05, 3.63) is 23.8 Å². The van der Waals surface area contributed by atoms with Crippen molar-refractivity contribution >= 4 is 5.69 Å². The van der Waals surface area contributed by atoms with Crippen molar-refractivity contribution in [2.75, 3.05) is 32.2 Å².